The molecule has 0 unspecified atom stereocenters. The molecule has 2 nitrogen and oxygen atoms in total. The number of aliphatic carboxylic acids is 1. The van der Waals surface area contributed by atoms with E-state index in [4.69, 9.17) is 5.11 Å². The summed E-state index contributed by atoms with van der Waals surface area (Å²) in [4.78, 5) is 10.5. The van der Waals surface area contributed by atoms with Gasteiger partial charge in [-0.05, 0) is 39.3 Å². The lowest BCUT2D eigenvalue weighted by Gasteiger charge is -2.04. The molecular weight excluding hydrogens is 236 g/mol. The number of fused-ring (bicyclic) bond motifs is 3. The van der Waals surface area contributed by atoms with Gasteiger partial charge in [-0.1, -0.05) is 48.5 Å². The minimum atomic E-state index is -0.932. The third kappa shape index (κ3) is 2.20. The summed E-state index contributed by atoms with van der Waals surface area (Å²) in [5.41, 5.74) is 0.894. The van der Waals surface area contributed by atoms with Crippen LogP contribution in [0, 0.1) is 0 Å². The fourth-order valence-electron chi connectivity index (χ4n) is 2.30. The van der Waals surface area contributed by atoms with Crippen molar-refractivity contribution in [3.63, 3.8) is 0 Å². The number of carbonyl (C=O) groups is 1. The van der Waals surface area contributed by atoms with Gasteiger partial charge in [0.15, 0.2) is 0 Å². The van der Waals surface area contributed by atoms with Crippen molar-refractivity contribution in [2.24, 2.45) is 0 Å². The van der Waals surface area contributed by atoms with Gasteiger partial charge < -0.3 is 5.11 Å². The van der Waals surface area contributed by atoms with Gasteiger partial charge >= 0.3 is 5.97 Å². The van der Waals surface area contributed by atoms with Crippen LogP contribution in [0.2, 0.25) is 0 Å². The van der Waals surface area contributed by atoms with Crippen LogP contribution < -0.4 is 0 Å². The SMILES string of the molecule is O=C(O)C=Cc1ccc2c(ccc3ccccc32)c1. The summed E-state index contributed by atoms with van der Waals surface area (Å²) in [6, 6.07) is 18.4. The maximum Gasteiger partial charge on any atom is 0.328 e. The quantitative estimate of drug-likeness (QED) is 0.548. The molecule has 3 rings (SSSR count). The molecule has 0 bridgehead atoms. The summed E-state index contributed by atoms with van der Waals surface area (Å²) in [7, 11) is 0. The lowest BCUT2D eigenvalue weighted by molar-refractivity contribution is -0.131. The molecule has 3 aromatic rings. The number of benzene rings is 3. The fourth-order valence-corrected chi connectivity index (χ4v) is 2.30. The maximum atomic E-state index is 10.5. The van der Waals surface area contributed by atoms with E-state index >= 15 is 0 Å². The van der Waals surface area contributed by atoms with Gasteiger partial charge in [0.05, 0.1) is 0 Å². The van der Waals surface area contributed by atoms with E-state index < -0.39 is 5.97 Å². The molecule has 0 radical (unpaired) electrons. The predicted molar refractivity (Wildman–Crippen MR) is 78.1 cm³/mol. The molecule has 0 spiro atoms. The molecule has 2 heteroatoms. The first-order valence-electron chi connectivity index (χ1n) is 6.06. The molecule has 0 fully saturated rings. The highest BCUT2D eigenvalue weighted by atomic mass is 16.4. The van der Waals surface area contributed by atoms with Crippen LogP contribution in [0.25, 0.3) is 27.6 Å². The molecule has 19 heavy (non-hydrogen) atoms. The Hall–Kier alpha value is -2.61. The van der Waals surface area contributed by atoms with Crippen molar-refractivity contribution < 1.29 is 9.90 Å². The number of hydrogen-bond acceptors (Lipinski definition) is 1. The van der Waals surface area contributed by atoms with Gasteiger partial charge in [0.2, 0.25) is 0 Å². The standard InChI is InChI=1S/C17H12O2/c18-17(19)10-6-12-5-9-16-14(11-12)8-7-13-3-1-2-4-15(13)16/h1-11H,(H,18,19). The summed E-state index contributed by atoms with van der Waals surface area (Å²) >= 11 is 0. The van der Waals surface area contributed by atoms with Gasteiger partial charge in [-0.2, -0.15) is 0 Å². The Kier molecular flexibility index (Phi) is 2.76. The Morgan fingerprint density at radius 2 is 1.63 bits per heavy atom. The van der Waals surface area contributed by atoms with Crippen LogP contribution >= 0.6 is 0 Å². The van der Waals surface area contributed by atoms with Crippen LogP contribution in [0.3, 0.4) is 0 Å². The van der Waals surface area contributed by atoms with Crippen LogP contribution in [0.1, 0.15) is 5.56 Å². The van der Waals surface area contributed by atoms with Crippen molar-refractivity contribution in [1.82, 2.24) is 0 Å². The van der Waals surface area contributed by atoms with Crippen molar-refractivity contribution in [3.05, 3.63) is 66.2 Å². The van der Waals surface area contributed by atoms with Crippen LogP contribution in [0.4, 0.5) is 0 Å². The Morgan fingerprint density at radius 1 is 0.895 bits per heavy atom. The molecule has 0 aromatic heterocycles. The van der Waals surface area contributed by atoms with E-state index in [9.17, 15) is 4.79 Å². The zero-order valence-electron chi connectivity index (χ0n) is 10.2. The molecule has 3 aromatic carbocycles. The minimum Gasteiger partial charge on any atom is -0.478 e. The number of hydrogen-bond donors (Lipinski definition) is 1. The monoisotopic (exact) mass is 248 g/mol. The molecule has 0 heterocycles. The van der Waals surface area contributed by atoms with Crippen LogP contribution in [0.5, 0.6) is 0 Å². The molecule has 92 valence electrons. The topological polar surface area (TPSA) is 37.3 Å². The summed E-state index contributed by atoms with van der Waals surface area (Å²) in [5, 5.41) is 13.4. The fraction of sp³-hybridized carbons (Fsp3) is 0. The minimum absolute atomic E-state index is 0.894. The molecule has 1 N–H and O–H groups in total. The van der Waals surface area contributed by atoms with Gasteiger partial charge in [-0.15, -0.1) is 0 Å². The molecule has 0 aliphatic rings. The van der Waals surface area contributed by atoms with Crippen LogP contribution in [-0.4, -0.2) is 11.1 Å². The van der Waals surface area contributed by atoms with Gasteiger partial charge in [0.25, 0.3) is 0 Å². The second kappa shape index (κ2) is 4.58. The highest BCUT2D eigenvalue weighted by Crippen LogP contribution is 2.26. The summed E-state index contributed by atoms with van der Waals surface area (Å²) in [5.74, 6) is -0.932. The molecule has 0 atom stereocenters. The zero-order valence-corrected chi connectivity index (χ0v) is 10.2. The van der Waals surface area contributed by atoms with Crippen molar-refractivity contribution in [3.8, 4) is 0 Å². The summed E-state index contributed by atoms with van der Waals surface area (Å²) < 4.78 is 0. The van der Waals surface area contributed by atoms with E-state index in [-0.39, 0.29) is 0 Å². The van der Waals surface area contributed by atoms with Crippen molar-refractivity contribution >= 4 is 33.6 Å². The molecule has 0 aliphatic carbocycles. The second-order valence-corrected chi connectivity index (χ2v) is 4.44. The molecular formula is C17H12O2. The van der Waals surface area contributed by atoms with E-state index in [0.717, 1.165) is 17.0 Å². The van der Waals surface area contributed by atoms with Crippen molar-refractivity contribution in [2.75, 3.05) is 0 Å². The maximum absolute atomic E-state index is 10.5. The Balaban J connectivity index is 2.20. The number of rotatable bonds is 2. The van der Waals surface area contributed by atoms with Gasteiger partial charge in [0.1, 0.15) is 0 Å². The molecule has 0 saturated carbocycles. The smallest absolute Gasteiger partial charge is 0.328 e. The number of carboxylic acid groups (broad SMARTS) is 1. The lowest BCUT2D eigenvalue weighted by atomic mass is 10.00. The normalized spacial score (nSPS) is 11.4. The first-order chi connectivity index (χ1) is 9.24. The Labute approximate surface area is 110 Å². The number of carboxylic acids is 1. The van der Waals surface area contributed by atoms with Crippen LogP contribution in [-0.2, 0) is 4.79 Å². The summed E-state index contributed by atoms with van der Waals surface area (Å²) in [6.07, 6.45) is 2.76. The molecule has 0 aliphatic heterocycles. The van der Waals surface area contributed by atoms with Gasteiger partial charge in [-0.25, -0.2) is 4.79 Å². The molecule has 0 amide bonds. The van der Waals surface area contributed by atoms with E-state index in [1.807, 2.05) is 30.3 Å². The average molecular weight is 248 g/mol. The first-order valence-corrected chi connectivity index (χ1v) is 6.06. The van der Waals surface area contributed by atoms with E-state index in [1.165, 1.54) is 16.2 Å². The second-order valence-electron chi connectivity index (χ2n) is 4.44. The zero-order chi connectivity index (χ0) is 13.2. The highest BCUT2D eigenvalue weighted by molar-refractivity contribution is 6.07. The Bertz CT molecular complexity index is 801. The third-order valence-electron chi connectivity index (χ3n) is 3.19. The van der Waals surface area contributed by atoms with Gasteiger partial charge in [-0.3, -0.25) is 0 Å². The van der Waals surface area contributed by atoms with E-state index in [1.54, 1.807) is 6.08 Å². The molecule has 0 saturated heterocycles. The van der Waals surface area contributed by atoms with Crippen molar-refractivity contribution in [1.29, 1.82) is 0 Å². The lowest BCUT2D eigenvalue weighted by Crippen LogP contribution is -1.85. The first kappa shape index (κ1) is 11.5. The van der Waals surface area contributed by atoms with E-state index in [0.29, 0.717) is 0 Å². The Morgan fingerprint density at radius 3 is 2.47 bits per heavy atom. The van der Waals surface area contributed by atoms with Gasteiger partial charge in [0, 0.05) is 6.08 Å². The van der Waals surface area contributed by atoms with Crippen molar-refractivity contribution in [2.45, 2.75) is 0 Å². The average Bonchev–Trinajstić information content (AvgIpc) is 2.44. The van der Waals surface area contributed by atoms with E-state index in [2.05, 4.69) is 24.3 Å². The third-order valence-corrected chi connectivity index (χ3v) is 3.19. The largest absolute Gasteiger partial charge is 0.478 e. The highest BCUT2D eigenvalue weighted by Gasteiger charge is 2.00. The predicted octanol–water partition coefficient (Wildman–Crippen LogP) is 4.09. The van der Waals surface area contributed by atoms with Crippen LogP contribution in [0.15, 0.2) is 60.7 Å². The summed E-state index contributed by atoms with van der Waals surface area (Å²) in [6.45, 7) is 0.